The van der Waals surface area contributed by atoms with E-state index in [1.54, 1.807) is 69.2 Å². The Balaban J connectivity index is 4.02. The summed E-state index contributed by atoms with van der Waals surface area (Å²) in [5.74, 6) is -14.7. The molecular formula is C64H114N10O17. The minimum absolute atomic E-state index is 0.00513. The number of esters is 1. The number of nitrogens with one attached hydrogen (secondary N) is 10. The normalized spacial score (nSPS) is 23.6. The molecule has 1 fully saturated rings. The molecular weight excluding hydrogens is 1180 g/mol. The van der Waals surface area contributed by atoms with E-state index in [0.29, 0.717) is 12.8 Å². The first-order valence-electron chi connectivity index (χ1n) is 33.0. The summed E-state index contributed by atoms with van der Waals surface area (Å²) in [6.45, 7) is 21.8. The van der Waals surface area contributed by atoms with Crippen LogP contribution in [0.15, 0.2) is 0 Å². The van der Waals surface area contributed by atoms with Gasteiger partial charge in [-0.25, -0.2) is 4.79 Å². The summed E-state index contributed by atoms with van der Waals surface area (Å²) in [4.78, 5) is 168. The summed E-state index contributed by atoms with van der Waals surface area (Å²) < 4.78 is 5.85. The van der Waals surface area contributed by atoms with E-state index in [4.69, 9.17) is 4.74 Å². The van der Waals surface area contributed by atoms with Crippen LogP contribution in [0.4, 0.5) is 0 Å². The lowest BCUT2D eigenvalue weighted by Gasteiger charge is -2.32. The first-order chi connectivity index (χ1) is 42.7. The number of aliphatic carboxylic acids is 1. The van der Waals surface area contributed by atoms with Gasteiger partial charge in [-0.15, -0.1) is 0 Å². The summed E-state index contributed by atoms with van der Waals surface area (Å²) >= 11 is 0. The number of carbonyl (C=O) groups excluding carboxylic acids is 11. The van der Waals surface area contributed by atoms with Gasteiger partial charge in [0.25, 0.3) is 0 Å². The molecule has 27 heteroatoms. The highest BCUT2D eigenvalue weighted by Gasteiger charge is 2.41. The van der Waals surface area contributed by atoms with Gasteiger partial charge in [-0.1, -0.05) is 154 Å². The molecule has 522 valence electrons. The van der Waals surface area contributed by atoms with Crippen molar-refractivity contribution in [3.05, 3.63) is 0 Å². The smallest absolute Gasteiger partial charge is 0.329 e. The molecule has 0 aromatic rings. The van der Waals surface area contributed by atoms with Crippen molar-refractivity contribution in [2.24, 2.45) is 35.5 Å². The predicted octanol–water partition coefficient (Wildman–Crippen LogP) is 2.19. The van der Waals surface area contributed by atoms with E-state index >= 15 is 0 Å². The summed E-state index contributed by atoms with van der Waals surface area (Å²) in [7, 11) is 0. The molecule has 1 rings (SSSR count). The quantitative estimate of drug-likeness (QED) is 0.0331. The second kappa shape index (κ2) is 43.4. The molecule has 10 amide bonds. The van der Waals surface area contributed by atoms with Crippen LogP contribution >= 0.6 is 0 Å². The van der Waals surface area contributed by atoms with E-state index in [1.807, 2.05) is 0 Å². The molecule has 0 aromatic heterocycles. The highest BCUT2D eigenvalue weighted by Crippen LogP contribution is 2.18. The van der Waals surface area contributed by atoms with Crippen molar-refractivity contribution >= 4 is 71.0 Å². The monoisotopic (exact) mass is 1290 g/mol. The molecule has 0 radical (unpaired) electrons. The maximum absolute atomic E-state index is 15.0. The number of unbranched alkanes of at least 4 members (excludes halogenated alkanes) is 8. The lowest BCUT2D eigenvalue weighted by atomic mass is 9.96. The van der Waals surface area contributed by atoms with Crippen molar-refractivity contribution in [1.29, 1.82) is 0 Å². The Hall–Kier alpha value is -6.48. The second-order valence-corrected chi connectivity index (χ2v) is 26.5. The first-order valence-corrected chi connectivity index (χ1v) is 33.0. The zero-order valence-electron chi connectivity index (χ0n) is 56.6. The Bertz CT molecular complexity index is 2340. The van der Waals surface area contributed by atoms with Gasteiger partial charge in [0, 0.05) is 6.42 Å². The molecule has 27 nitrogen and oxygen atoms in total. The van der Waals surface area contributed by atoms with Crippen molar-refractivity contribution in [3.8, 4) is 0 Å². The number of aliphatic hydroxyl groups excluding tert-OH is 3. The third kappa shape index (κ3) is 32.1. The number of ether oxygens (including phenoxy) is 1. The number of carbonyl (C=O) groups is 12. The van der Waals surface area contributed by atoms with Crippen molar-refractivity contribution in [1.82, 2.24) is 53.2 Å². The van der Waals surface area contributed by atoms with Crippen LogP contribution in [0.1, 0.15) is 213 Å². The zero-order valence-corrected chi connectivity index (χ0v) is 56.6. The van der Waals surface area contributed by atoms with Crippen molar-refractivity contribution in [2.75, 3.05) is 13.2 Å². The highest BCUT2D eigenvalue weighted by molar-refractivity contribution is 5.99. The Morgan fingerprint density at radius 3 is 1.36 bits per heavy atom. The number of carboxylic acid groups (broad SMARTS) is 1. The minimum Gasteiger partial charge on any atom is -0.481 e. The third-order valence-corrected chi connectivity index (χ3v) is 15.7. The molecule has 13 atom stereocenters. The summed E-state index contributed by atoms with van der Waals surface area (Å²) in [6.07, 6.45) is 5.80. The Morgan fingerprint density at radius 2 is 0.934 bits per heavy atom. The van der Waals surface area contributed by atoms with E-state index in [-0.39, 0.29) is 62.2 Å². The zero-order chi connectivity index (χ0) is 69.2. The highest BCUT2D eigenvalue weighted by atomic mass is 16.5. The number of hydrogen-bond acceptors (Lipinski definition) is 16. The van der Waals surface area contributed by atoms with Crippen LogP contribution in [-0.2, 0) is 62.3 Å². The maximum Gasteiger partial charge on any atom is 0.329 e. The van der Waals surface area contributed by atoms with Crippen LogP contribution in [0, 0.1) is 35.5 Å². The average molecular weight is 1300 g/mol. The van der Waals surface area contributed by atoms with E-state index in [0.717, 1.165) is 32.1 Å². The van der Waals surface area contributed by atoms with Gasteiger partial charge in [-0.05, 0) is 81.0 Å². The molecule has 14 N–H and O–H groups in total. The van der Waals surface area contributed by atoms with E-state index in [9.17, 15) is 78.0 Å². The summed E-state index contributed by atoms with van der Waals surface area (Å²) in [5.41, 5.74) is 0. The topological polar surface area (TPSA) is 415 Å². The standard InChI is InChI=1S/C64H114N10O17/c1-15-17-18-19-20-21-22-23-24-25-42(77)32-50(78)65-44(28-35(3)4)56(82)66-43(26-27-51(79)80)55(81)74-54-41(14)91-64(90)52(39(11)12)72-61(87)49(34-76)71-58(84)46(30-37(7)8)67-57(83)45(29-36(5)6)68-60(86)48(33-75)70-59(85)47(31-38(9)10)69-62(88)53(40(13)16-2)73-63(54)89/h35-49,52-54,75-77H,15-34H2,1-14H3,(H,65,78)(H,66,82)(H,67,83)(H,68,86)(H,69,88)(H,70,85)(H,71,84)(H,72,87)(H,73,89)(H,74,81)(H,79,80)/t40-,41+,42?,43+,44-,45?,46?,47-,48?,49+,52?,53?,54+/m0/s1. The minimum atomic E-state index is -1.99. The van der Waals surface area contributed by atoms with Gasteiger partial charge in [0.2, 0.25) is 59.1 Å². The lowest BCUT2D eigenvalue weighted by Crippen LogP contribution is -2.63. The lowest BCUT2D eigenvalue weighted by molar-refractivity contribution is -0.157. The molecule has 91 heavy (non-hydrogen) atoms. The molecule has 0 spiro atoms. The fourth-order valence-electron chi connectivity index (χ4n) is 10.3. The van der Waals surface area contributed by atoms with E-state index in [2.05, 4.69) is 60.1 Å². The fraction of sp³-hybridized carbons (Fsp3) is 0.812. The molecule has 0 saturated carbocycles. The van der Waals surface area contributed by atoms with Gasteiger partial charge < -0.3 is 78.3 Å². The van der Waals surface area contributed by atoms with Crippen molar-refractivity contribution < 1.29 is 82.7 Å². The third-order valence-electron chi connectivity index (χ3n) is 15.7. The number of carboxylic acids is 1. The van der Waals surface area contributed by atoms with E-state index in [1.165, 1.54) is 40.0 Å². The summed E-state index contributed by atoms with van der Waals surface area (Å²) in [6, 6.07) is -15.7. The predicted molar refractivity (Wildman–Crippen MR) is 340 cm³/mol. The summed E-state index contributed by atoms with van der Waals surface area (Å²) in [5, 5.41) is 67.0. The molecule has 1 heterocycles. The second-order valence-electron chi connectivity index (χ2n) is 26.5. The number of hydrogen-bond donors (Lipinski definition) is 14. The largest absolute Gasteiger partial charge is 0.481 e. The SMILES string of the molecule is CCCCCCCCCCCC(O)CC(=O)N[C@@H](CC(C)C)C(=O)N[C@H](CCC(=O)O)C(=O)N[C@H]1C(=O)NC([C@@H](C)CC)C(=O)N[C@@H](CC(C)C)C(=O)NC(CO)C(=O)NC(CC(C)C)C(=O)NC(CC(C)C)C(=O)N[C@H](CO)C(=O)NC(C(C)C)C(=O)O[C@@H]1C. The van der Waals surface area contributed by atoms with Gasteiger partial charge in [0.15, 0.2) is 0 Å². The van der Waals surface area contributed by atoms with Gasteiger partial charge in [0.05, 0.1) is 25.7 Å². The van der Waals surface area contributed by atoms with Gasteiger partial charge in [-0.3, -0.25) is 52.7 Å². The number of aliphatic hydroxyl groups is 3. The molecule has 0 aromatic carbocycles. The van der Waals surface area contributed by atoms with Gasteiger partial charge in [-0.2, -0.15) is 0 Å². The van der Waals surface area contributed by atoms with Gasteiger partial charge in [0.1, 0.15) is 66.5 Å². The molecule has 1 aliphatic rings. The Kier molecular flexibility index (Phi) is 39.3. The number of cyclic esters (lactones) is 1. The fourth-order valence-corrected chi connectivity index (χ4v) is 10.3. The van der Waals surface area contributed by atoms with Crippen LogP contribution < -0.4 is 53.2 Å². The molecule has 1 aliphatic heterocycles. The first kappa shape index (κ1) is 82.5. The maximum atomic E-state index is 15.0. The van der Waals surface area contributed by atoms with Gasteiger partial charge >= 0.3 is 11.9 Å². The van der Waals surface area contributed by atoms with E-state index < -0.39 is 182 Å². The number of rotatable bonds is 33. The van der Waals surface area contributed by atoms with Crippen LogP contribution in [-0.4, -0.2) is 177 Å². The molecule has 0 bridgehead atoms. The van der Waals surface area contributed by atoms with Crippen molar-refractivity contribution in [2.45, 2.75) is 285 Å². The molecule has 0 aliphatic carbocycles. The number of amides is 10. The molecule has 1 saturated heterocycles. The van der Waals surface area contributed by atoms with Crippen molar-refractivity contribution in [3.63, 3.8) is 0 Å². The molecule has 6 unspecified atom stereocenters. The Morgan fingerprint density at radius 1 is 0.505 bits per heavy atom. The Labute approximate surface area is 538 Å². The van der Waals surface area contributed by atoms with Crippen LogP contribution in [0.3, 0.4) is 0 Å². The van der Waals surface area contributed by atoms with Crippen LogP contribution in [0.5, 0.6) is 0 Å². The van der Waals surface area contributed by atoms with Crippen LogP contribution in [0.2, 0.25) is 0 Å². The van der Waals surface area contributed by atoms with Crippen LogP contribution in [0.25, 0.3) is 0 Å². The average Bonchev–Trinajstić information content (AvgIpc) is 1.67.